The van der Waals surface area contributed by atoms with Crippen LogP contribution >= 0.6 is 11.9 Å². The fourth-order valence-corrected chi connectivity index (χ4v) is 0.193. The van der Waals surface area contributed by atoms with E-state index in [9.17, 15) is 4.79 Å². The fraction of sp³-hybridized carbons (Fsp3) is 0.667. The first-order valence-electron chi connectivity index (χ1n) is 1.69. The Labute approximate surface area is 74.4 Å². The Morgan fingerprint density at radius 3 is 2.25 bits per heavy atom. The van der Waals surface area contributed by atoms with Crippen LogP contribution in [0.4, 0.5) is 0 Å². The molecule has 1 atom stereocenters. The van der Waals surface area contributed by atoms with Crippen molar-refractivity contribution in [3.63, 3.8) is 0 Å². The van der Waals surface area contributed by atoms with E-state index in [1.165, 1.54) is 6.92 Å². The van der Waals surface area contributed by atoms with Gasteiger partial charge in [-0.1, -0.05) is 0 Å². The van der Waals surface area contributed by atoms with Gasteiger partial charge in [0.15, 0.2) is 0 Å². The van der Waals surface area contributed by atoms with Crippen LogP contribution in [-0.2, 0) is 9.08 Å². The van der Waals surface area contributed by atoms with Crippen molar-refractivity contribution in [1.29, 1.82) is 0 Å². The molecule has 8 heavy (non-hydrogen) atoms. The average molecular weight is 148 g/mol. The van der Waals surface area contributed by atoms with E-state index in [1.807, 2.05) is 0 Å². The molecule has 0 saturated heterocycles. The van der Waals surface area contributed by atoms with Gasteiger partial charge in [-0.3, -0.25) is 0 Å². The van der Waals surface area contributed by atoms with Crippen molar-refractivity contribution in [3.05, 3.63) is 0 Å². The van der Waals surface area contributed by atoms with Crippen LogP contribution in [-0.4, -0.2) is 46.7 Å². The molecular weight excluding hydrogens is 142 g/mol. The Hall–Kier alpha value is 0.720. The van der Waals surface area contributed by atoms with Crippen LogP contribution in [0.3, 0.4) is 0 Å². The van der Waals surface area contributed by atoms with Gasteiger partial charge in [0.05, 0.1) is 0 Å². The maximum absolute atomic E-state index is 9.91. The fourth-order valence-electron chi connectivity index (χ4n) is 0.0645. The summed E-state index contributed by atoms with van der Waals surface area (Å²) in [6, 6.07) is 0. The third-order valence-electron chi connectivity index (χ3n) is 0.417. The Kier molecular flexibility index (Phi) is 8.41. The van der Waals surface area contributed by atoms with Crippen LogP contribution in [0.5, 0.6) is 0 Å². The second-order valence-corrected chi connectivity index (χ2v) is 1.23. The molecule has 0 aromatic carbocycles. The number of carbonyl (C=O) groups excluding carboxylic acids is 1. The summed E-state index contributed by atoms with van der Waals surface area (Å²) in [6.45, 7) is 1.27. The average Bonchev–Trinajstić information content (AvgIpc) is 1.65. The van der Waals surface area contributed by atoms with Crippen molar-refractivity contribution < 1.29 is 14.2 Å². The van der Waals surface area contributed by atoms with E-state index in [4.69, 9.17) is 5.11 Å². The smallest absolute Gasteiger partial charge is 0.352 e. The van der Waals surface area contributed by atoms with E-state index in [0.29, 0.717) is 0 Å². The summed E-state index contributed by atoms with van der Waals surface area (Å²) in [4.78, 5) is 9.91. The molecule has 0 fully saturated rings. The Bertz CT molecular complexity index is 74.9. The molecular formula is C3H5ClNaO3. The summed E-state index contributed by atoms with van der Waals surface area (Å²) >= 11 is 4.54. The molecule has 0 aromatic rings. The molecule has 0 aliphatic rings. The molecule has 1 N–H and O–H groups in total. The number of aliphatic hydroxyl groups excluding tert-OH is 1. The summed E-state index contributed by atoms with van der Waals surface area (Å²) in [7, 11) is 0. The normalized spacial score (nSPS) is 11.4. The number of rotatable bonds is 1. The first kappa shape index (κ1) is 11.5. The van der Waals surface area contributed by atoms with Gasteiger partial charge >= 0.3 is 5.97 Å². The molecule has 43 valence electrons. The molecule has 0 aromatic heterocycles. The van der Waals surface area contributed by atoms with E-state index < -0.39 is 12.1 Å². The van der Waals surface area contributed by atoms with Gasteiger partial charge in [0.25, 0.3) is 0 Å². The molecule has 0 aliphatic carbocycles. The van der Waals surface area contributed by atoms with Crippen LogP contribution in [0.2, 0.25) is 0 Å². The minimum Gasteiger partial charge on any atom is -0.382 e. The van der Waals surface area contributed by atoms with Crippen molar-refractivity contribution in [2.45, 2.75) is 13.0 Å². The molecule has 0 saturated carbocycles. The van der Waals surface area contributed by atoms with Crippen LogP contribution in [0.15, 0.2) is 0 Å². The predicted molar refractivity (Wildman–Crippen MR) is 29.4 cm³/mol. The number of hydrogen-bond donors (Lipinski definition) is 1. The predicted octanol–water partition coefficient (Wildman–Crippen LogP) is -0.317. The Morgan fingerprint density at radius 2 is 2.25 bits per heavy atom. The monoisotopic (exact) mass is 147 g/mol. The first-order valence-corrected chi connectivity index (χ1v) is 2.00. The van der Waals surface area contributed by atoms with E-state index in [1.54, 1.807) is 0 Å². The van der Waals surface area contributed by atoms with Crippen LogP contribution in [0.25, 0.3) is 0 Å². The standard InChI is InChI=1S/C3H5ClO3.Na/c1-2(5)3(6)7-4;/h2,5H,1H3;. The summed E-state index contributed by atoms with van der Waals surface area (Å²) in [5.74, 6) is -0.832. The van der Waals surface area contributed by atoms with Gasteiger partial charge in [-0.2, -0.15) is 0 Å². The van der Waals surface area contributed by atoms with Crippen LogP contribution < -0.4 is 0 Å². The van der Waals surface area contributed by atoms with E-state index >= 15 is 0 Å². The molecule has 0 heterocycles. The third kappa shape index (κ3) is 4.87. The number of hydrogen-bond acceptors (Lipinski definition) is 3. The molecule has 3 nitrogen and oxygen atoms in total. The van der Waals surface area contributed by atoms with Gasteiger partial charge in [0.1, 0.15) is 18.0 Å². The largest absolute Gasteiger partial charge is 0.382 e. The molecule has 0 amide bonds. The van der Waals surface area contributed by atoms with Gasteiger partial charge in [-0.25, -0.2) is 4.79 Å². The summed E-state index contributed by atoms with van der Waals surface area (Å²) in [5.41, 5.74) is 0. The summed E-state index contributed by atoms with van der Waals surface area (Å²) in [5, 5.41) is 8.26. The minimum absolute atomic E-state index is 0. The second-order valence-electron chi connectivity index (χ2n) is 1.07. The maximum atomic E-state index is 9.91. The van der Waals surface area contributed by atoms with E-state index in [2.05, 4.69) is 16.2 Å². The van der Waals surface area contributed by atoms with E-state index in [0.717, 1.165) is 0 Å². The summed E-state index contributed by atoms with van der Waals surface area (Å²) < 4.78 is 3.59. The molecule has 0 spiro atoms. The number of carbonyl (C=O) groups is 1. The zero-order valence-electron chi connectivity index (χ0n) is 4.72. The summed E-state index contributed by atoms with van der Waals surface area (Å²) in [6.07, 6.45) is -1.13. The van der Waals surface area contributed by atoms with Gasteiger partial charge in [-0.15, -0.1) is 0 Å². The first-order chi connectivity index (χ1) is 3.18. The molecule has 1 radical (unpaired) electrons. The van der Waals surface area contributed by atoms with Gasteiger partial charge in [0.2, 0.25) is 0 Å². The van der Waals surface area contributed by atoms with Gasteiger partial charge in [0, 0.05) is 29.6 Å². The van der Waals surface area contributed by atoms with E-state index in [-0.39, 0.29) is 29.6 Å². The Balaban J connectivity index is 0. The van der Waals surface area contributed by atoms with Crippen molar-refractivity contribution in [2.75, 3.05) is 0 Å². The third-order valence-corrected chi connectivity index (χ3v) is 0.569. The van der Waals surface area contributed by atoms with Crippen molar-refractivity contribution >= 4 is 47.4 Å². The van der Waals surface area contributed by atoms with Gasteiger partial charge < -0.3 is 9.40 Å². The molecule has 0 rings (SSSR count). The van der Waals surface area contributed by atoms with Crippen LogP contribution in [0.1, 0.15) is 6.92 Å². The number of aliphatic hydroxyl groups is 1. The zero-order valence-corrected chi connectivity index (χ0v) is 7.47. The molecule has 0 bridgehead atoms. The zero-order chi connectivity index (χ0) is 5.86. The van der Waals surface area contributed by atoms with Crippen molar-refractivity contribution in [1.82, 2.24) is 0 Å². The molecule has 0 aliphatic heterocycles. The van der Waals surface area contributed by atoms with Crippen molar-refractivity contribution in [2.24, 2.45) is 0 Å². The van der Waals surface area contributed by atoms with Gasteiger partial charge in [-0.05, 0) is 6.92 Å². The quantitative estimate of drug-likeness (QED) is 0.518. The second kappa shape index (κ2) is 5.85. The SMILES string of the molecule is CC(O)C(=O)OCl.[Na]. The Morgan fingerprint density at radius 1 is 1.88 bits per heavy atom. The molecule has 1 unspecified atom stereocenters. The molecule has 5 heteroatoms. The number of halogens is 1. The van der Waals surface area contributed by atoms with Crippen molar-refractivity contribution in [3.8, 4) is 0 Å². The topological polar surface area (TPSA) is 46.5 Å². The minimum atomic E-state index is -1.13. The van der Waals surface area contributed by atoms with Crippen LogP contribution in [0, 0.1) is 0 Å². The maximum Gasteiger partial charge on any atom is 0.352 e.